The standard InChI is InChI=1S/C18H22FN7O2/c1-12-2-3-14(23-10-12)25-6-8-26(9-7-25)16-15(19)13(4-5-22-16)11-28-18(27)24-17(20)21/h2-5,10H,6-9,11H2,1H3,(H4,20,21,24,27). The van der Waals surface area contributed by atoms with Gasteiger partial charge in [0.15, 0.2) is 17.6 Å². The predicted molar refractivity (Wildman–Crippen MR) is 104 cm³/mol. The van der Waals surface area contributed by atoms with Crippen molar-refractivity contribution in [2.75, 3.05) is 36.0 Å². The number of aryl methyl sites for hydroxylation is 1. The van der Waals surface area contributed by atoms with Crippen LogP contribution in [0, 0.1) is 12.7 Å². The van der Waals surface area contributed by atoms with Crippen LogP contribution in [0.15, 0.2) is 35.6 Å². The summed E-state index contributed by atoms with van der Waals surface area (Å²) in [4.78, 5) is 27.2. The Morgan fingerprint density at radius 1 is 1.18 bits per heavy atom. The van der Waals surface area contributed by atoms with E-state index in [2.05, 4.69) is 19.9 Å². The molecule has 0 aliphatic carbocycles. The molecule has 0 aromatic carbocycles. The van der Waals surface area contributed by atoms with Gasteiger partial charge in [-0.3, -0.25) is 0 Å². The molecule has 0 spiro atoms. The molecule has 28 heavy (non-hydrogen) atoms. The molecular weight excluding hydrogens is 365 g/mol. The molecule has 2 aromatic rings. The number of rotatable bonds is 4. The number of nitrogens with two attached hydrogens (primary N) is 2. The SMILES string of the molecule is Cc1ccc(N2CCN(c3nccc(COC(=O)N=C(N)N)c3F)CC2)nc1. The number of halogens is 1. The highest BCUT2D eigenvalue weighted by Crippen LogP contribution is 2.23. The number of aromatic nitrogens is 2. The summed E-state index contributed by atoms with van der Waals surface area (Å²) in [5.41, 5.74) is 11.5. The summed E-state index contributed by atoms with van der Waals surface area (Å²) in [6.45, 7) is 4.28. The number of aliphatic imine (C=N–C) groups is 1. The van der Waals surface area contributed by atoms with Crippen LogP contribution in [0.3, 0.4) is 0 Å². The topological polar surface area (TPSA) is 123 Å². The fourth-order valence-electron chi connectivity index (χ4n) is 2.87. The molecule has 10 heteroatoms. The Balaban J connectivity index is 1.64. The number of ether oxygens (including phenoxy) is 1. The molecule has 1 amide bonds. The zero-order chi connectivity index (χ0) is 20.1. The average molecular weight is 387 g/mol. The zero-order valence-electron chi connectivity index (χ0n) is 15.5. The third-order valence-corrected chi connectivity index (χ3v) is 4.32. The summed E-state index contributed by atoms with van der Waals surface area (Å²) in [7, 11) is 0. The lowest BCUT2D eigenvalue weighted by molar-refractivity contribution is 0.149. The van der Waals surface area contributed by atoms with Crippen molar-refractivity contribution in [3.8, 4) is 0 Å². The molecular formula is C18H22FN7O2. The number of piperazine rings is 1. The number of guanidine groups is 1. The first-order chi connectivity index (χ1) is 13.4. The third-order valence-electron chi connectivity index (χ3n) is 4.32. The molecule has 0 unspecified atom stereocenters. The van der Waals surface area contributed by atoms with Gasteiger partial charge in [0, 0.05) is 44.1 Å². The minimum Gasteiger partial charge on any atom is -0.443 e. The van der Waals surface area contributed by atoms with Crippen molar-refractivity contribution in [3.63, 3.8) is 0 Å². The quantitative estimate of drug-likeness (QED) is 0.592. The van der Waals surface area contributed by atoms with Crippen LogP contribution < -0.4 is 21.3 Å². The van der Waals surface area contributed by atoms with Gasteiger partial charge in [0.2, 0.25) is 0 Å². The summed E-state index contributed by atoms with van der Waals surface area (Å²) in [5.74, 6) is 0.190. The first-order valence-corrected chi connectivity index (χ1v) is 8.76. The molecule has 0 saturated carbocycles. The van der Waals surface area contributed by atoms with E-state index in [1.807, 2.05) is 30.2 Å². The lowest BCUT2D eigenvalue weighted by Crippen LogP contribution is -2.47. The normalized spacial score (nSPS) is 13.9. The molecule has 148 valence electrons. The monoisotopic (exact) mass is 387 g/mol. The maximum atomic E-state index is 14.8. The summed E-state index contributed by atoms with van der Waals surface area (Å²) in [6, 6.07) is 5.45. The van der Waals surface area contributed by atoms with Crippen molar-refractivity contribution >= 4 is 23.7 Å². The number of amides is 1. The number of hydrogen-bond acceptors (Lipinski definition) is 6. The van der Waals surface area contributed by atoms with E-state index >= 15 is 0 Å². The van der Waals surface area contributed by atoms with Crippen LogP contribution in [-0.4, -0.2) is 48.2 Å². The maximum Gasteiger partial charge on any atom is 0.437 e. The van der Waals surface area contributed by atoms with Crippen LogP contribution in [0.25, 0.3) is 0 Å². The number of pyridine rings is 2. The van der Waals surface area contributed by atoms with Crippen molar-refractivity contribution in [3.05, 3.63) is 47.5 Å². The Hall–Kier alpha value is -3.43. The first kappa shape index (κ1) is 19.3. The van der Waals surface area contributed by atoms with E-state index in [0.29, 0.717) is 26.2 Å². The molecule has 0 atom stereocenters. The Bertz CT molecular complexity index is 861. The van der Waals surface area contributed by atoms with Crippen molar-refractivity contribution in [2.45, 2.75) is 13.5 Å². The molecule has 0 radical (unpaired) electrons. The van der Waals surface area contributed by atoms with E-state index in [1.54, 1.807) is 0 Å². The molecule has 1 saturated heterocycles. The minimum absolute atomic E-state index is 0.201. The van der Waals surface area contributed by atoms with E-state index in [-0.39, 0.29) is 18.0 Å². The van der Waals surface area contributed by atoms with Gasteiger partial charge in [0.25, 0.3) is 0 Å². The highest BCUT2D eigenvalue weighted by Gasteiger charge is 2.23. The molecule has 1 aliphatic heterocycles. The van der Waals surface area contributed by atoms with E-state index in [1.165, 1.54) is 12.3 Å². The van der Waals surface area contributed by atoms with Gasteiger partial charge in [-0.05, 0) is 24.6 Å². The number of anilines is 2. The lowest BCUT2D eigenvalue weighted by Gasteiger charge is -2.36. The Kier molecular flexibility index (Phi) is 5.87. The van der Waals surface area contributed by atoms with Crippen LogP contribution >= 0.6 is 0 Å². The number of carbonyl (C=O) groups excluding carboxylic acids is 1. The second-order valence-electron chi connectivity index (χ2n) is 6.37. The molecule has 3 heterocycles. The van der Waals surface area contributed by atoms with Gasteiger partial charge in [0.1, 0.15) is 12.4 Å². The van der Waals surface area contributed by atoms with Crippen molar-refractivity contribution < 1.29 is 13.9 Å². The summed E-state index contributed by atoms with van der Waals surface area (Å²) in [6.07, 6.45) is 2.34. The maximum absolute atomic E-state index is 14.8. The van der Waals surface area contributed by atoms with Gasteiger partial charge in [-0.25, -0.2) is 19.2 Å². The van der Waals surface area contributed by atoms with E-state index in [9.17, 15) is 9.18 Å². The molecule has 4 N–H and O–H groups in total. The summed E-state index contributed by atoms with van der Waals surface area (Å²) >= 11 is 0. The highest BCUT2D eigenvalue weighted by atomic mass is 19.1. The smallest absolute Gasteiger partial charge is 0.437 e. The van der Waals surface area contributed by atoms with Crippen LogP contribution in [0.1, 0.15) is 11.1 Å². The fraction of sp³-hybridized carbons (Fsp3) is 0.333. The van der Waals surface area contributed by atoms with Crippen LogP contribution in [-0.2, 0) is 11.3 Å². The predicted octanol–water partition coefficient (Wildman–Crippen LogP) is 1.16. The second-order valence-corrected chi connectivity index (χ2v) is 6.37. The third kappa shape index (κ3) is 4.64. The van der Waals surface area contributed by atoms with E-state index in [4.69, 9.17) is 16.2 Å². The Labute approximate surface area is 161 Å². The average Bonchev–Trinajstić information content (AvgIpc) is 2.67. The van der Waals surface area contributed by atoms with Crippen LogP contribution in [0.4, 0.5) is 20.8 Å². The molecule has 3 rings (SSSR count). The molecule has 9 nitrogen and oxygen atoms in total. The minimum atomic E-state index is -0.975. The van der Waals surface area contributed by atoms with Crippen LogP contribution in [0.5, 0.6) is 0 Å². The van der Waals surface area contributed by atoms with E-state index in [0.717, 1.165) is 11.4 Å². The molecule has 1 fully saturated rings. The van der Waals surface area contributed by atoms with Crippen molar-refractivity contribution in [1.82, 2.24) is 9.97 Å². The zero-order valence-corrected chi connectivity index (χ0v) is 15.5. The largest absolute Gasteiger partial charge is 0.443 e. The molecule has 2 aromatic heterocycles. The fourth-order valence-corrected chi connectivity index (χ4v) is 2.87. The number of hydrogen-bond donors (Lipinski definition) is 2. The van der Waals surface area contributed by atoms with Crippen molar-refractivity contribution in [1.29, 1.82) is 0 Å². The van der Waals surface area contributed by atoms with Gasteiger partial charge in [-0.2, -0.15) is 0 Å². The second kappa shape index (κ2) is 8.51. The van der Waals surface area contributed by atoms with Gasteiger partial charge in [-0.1, -0.05) is 6.07 Å². The van der Waals surface area contributed by atoms with Crippen LogP contribution in [0.2, 0.25) is 0 Å². The Morgan fingerprint density at radius 3 is 2.54 bits per heavy atom. The van der Waals surface area contributed by atoms with E-state index < -0.39 is 17.9 Å². The summed E-state index contributed by atoms with van der Waals surface area (Å²) in [5, 5.41) is 0. The highest BCUT2D eigenvalue weighted by molar-refractivity contribution is 5.87. The lowest BCUT2D eigenvalue weighted by atomic mass is 10.2. The number of carbonyl (C=O) groups is 1. The van der Waals surface area contributed by atoms with Crippen molar-refractivity contribution in [2.24, 2.45) is 16.5 Å². The molecule has 0 bridgehead atoms. The van der Waals surface area contributed by atoms with Gasteiger partial charge < -0.3 is 26.0 Å². The Morgan fingerprint density at radius 2 is 1.89 bits per heavy atom. The molecule has 1 aliphatic rings. The van der Waals surface area contributed by atoms with Gasteiger partial charge >= 0.3 is 6.09 Å². The van der Waals surface area contributed by atoms with Gasteiger partial charge in [0.05, 0.1) is 0 Å². The first-order valence-electron chi connectivity index (χ1n) is 8.76. The van der Waals surface area contributed by atoms with Gasteiger partial charge in [-0.15, -0.1) is 4.99 Å². The summed E-state index contributed by atoms with van der Waals surface area (Å²) < 4.78 is 19.7. The number of nitrogens with zero attached hydrogens (tertiary/aromatic N) is 5.